The number of rotatable bonds is 14. The first-order valence-electron chi connectivity index (χ1n) is 25.0. The van der Waals surface area contributed by atoms with Crippen LogP contribution >= 0.6 is 0 Å². The minimum atomic E-state index is 0.619. The summed E-state index contributed by atoms with van der Waals surface area (Å²) in [4.78, 5) is 14.2. The molecule has 10 aromatic rings. The molecule has 0 unspecified atom stereocenters. The monoisotopic (exact) mass is 914 g/mol. The zero-order valence-electron chi connectivity index (χ0n) is 39.9. The first kappa shape index (κ1) is 45.0. The molecule has 3 heterocycles. The Morgan fingerprint density at radius 1 is 0.366 bits per heavy atom. The van der Waals surface area contributed by atoms with Crippen LogP contribution in [0.15, 0.2) is 225 Å². The van der Waals surface area contributed by atoms with Gasteiger partial charge in [0, 0.05) is 35.3 Å². The SMILES string of the molecule is N#Cc1ccc(-c2ccc(-c3cc(-c4ccc(C5CCCC5)cn4)ccc3-c3ccccc3-c3cc(CCc4ccc(-c5ccccn5)cc4)cc(CCc4ccc(-c5ccccn5)cc4)c3)cc2)cc1. The fourth-order valence-electron chi connectivity index (χ4n) is 10.3. The molecule has 1 saturated carbocycles. The van der Waals surface area contributed by atoms with Crippen LogP contribution in [0.2, 0.25) is 0 Å². The Labute approximate surface area is 418 Å². The molecule has 11 rings (SSSR count). The Hall–Kier alpha value is -8.52. The maximum Gasteiger partial charge on any atom is 0.0991 e. The van der Waals surface area contributed by atoms with Gasteiger partial charge >= 0.3 is 0 Å². The molecule has 0 radical (unpaired) electrons. The third-order valence-electron chi connectivity index (χ3n) is 14.3. The normalized spacial score (nSPS) is 12.4. The number of nitriles is 1. The number of aromatic nitrogens is 3. The number of hydrogen-bond donors (Lipinski definition) is 0. The molecule has 1 aliphatic carbocycles. The molecule has 0 spiro atoms. The van der Waals surface area contributed by atoms with Crippen LogP contribution in [-0.2, 0) is 25.7 Å². The molecule has 0 N–H and O–H groups in total. The van der Waals surface area contributed by atoms with Crippen LogP contribution < -0.4 is 0 Å². The van der Waals surface area contributed by atoms with E-state index in [-0.39, 0.29) is 0 Å². The Morgan fingerprint density at radius 2 is 0.859 bits per heavy atom. The quantitative estimate of drug-likeness (QED) is 0.109. The van der Waals surface area contributed by atoms with Crippen LogP contribution in [0.5, 0.6) is 0 Å². The van der Waals surface area contributed by atoms with Gasteiger partial charge in [-0.3, -0.25) is 15.0 Å². The van der Waals surface area contributed by atoms with Gasteiger partial charge in [-0.15, -0.1) is 0 Å². The van der Waals surface area contributed by atoms with E-state index in [1.54, 1.807) is 0 Å². The van der Waals surface area contributed by atoms with Gasteiger partial charge < -0.3 is 0 Å². The summed E-state index contributed by atoms with van der Waals surface area (Å²) in [5.74, 6) is 0.619. The summed E-state index contributed by atoms with van der Waals surface area (Å²) in [5.41, 5.74) is 22.9. The van der Waals surface area contributed by atoms with E-state index in [0.29, 0.717) is 11.5 Å². The summed E-state index contributed by atoms with van der Waals surface area (Å²) >= 11 is 0. The number of pyridine rings is 3. The lowest BCUT2D eigenvalue weighted by molar-refractivity contribution is 0.719. The lowest BCUT2D eigenvalue weighted by Crippen LogP contribution is -1.98. The molecule has 342 valence electrons. The van der Waals surface area contributed by atoms with Gasteiger partial charge in [-0.25, -0.2) is 0 Å². The first-order chi connectivity index (χ1) is 35.1. The molecule has 4 nitrogen and oxygen atoms in total. The fraction of sp³-hybridized carbons (Fsp3) is 0.134. The van der Waals surface area contributed by atoms with Crippen LogP contribution in [0.3, 0.4) is 0 Å². The van der Waals surface area contributed by atoms with Crippen molar-refractivity contribution in [3.8, 4) is 84.3 Å². The van der Waals surface area contributed by atoms with Crippen LogP contribution in [0.4, 0.5) is 0 Å². The van der Waals surface area contributed by atoms with Crippen molar-refractivity contribution in [3.05, 3.63) is 258 Å². The number of hydrogen-bond acceptors (Lipinski definition) is 4. The van der Waals surface area contributed by atoms with Gasteiger partial charge in [0.1, 0.15) is 0 Å². The Morgan fingerprint density at radius 3 is 1.41 bits per heavy atom. The van der Waals surface area contributed by atoms with Crippen molar-refractivity contribution in [1.82, 2.24) is 15.0 Å². The Bertz CT molecular complexity index is 3320. The maximum absolute atomic E-state index is 9.42. The maximum atomic E-state index is 9.42. The molecular weight excluding hydrogens is 861 g/mol. The summed E-state index contributed by atoms with van der Waals surface area (Å²) in [6.45, 7) is 0. The van der Waals surface area contributed by atoms with Gasteiger partial charge in [0.25, 0.3) is 0 Å². The molecule has 0 atom stereocenters. The molecule has 7 aromatic carbocycles. The Kier molecular flexibility index (Phi) is 13.3. The molecule has 4 heteroatoms. The molecule has 0 amide bonds. The second-order valence-electron chi connectivity index (χ2n) is 18.9. The molecule has 0 bridgehead atoms. The third-order valence-corrected chi connectivity index (χ3v) is 14.3. The number of nitrogens with zero attached hydrogens (tertiary/aromatic N) is 4. The molecule has 71 heavy (non-hydrogen) atoms. The largest absolute Gasteiger partial charge is 0.256 e. The number of aryl methyl sites for hydroxylation is 4. The predicted molar refractivity (Wildman–Crippen MR) is 292 cm³/mol. The second kappa shape index (κ2) is 21.0. The van der Waals surface area contributed by atoms with Crippen LogP contribution in [0.25, 0.3) is 78.3 Å². The summed E-state index contributed by atoms with van der Waals surface area (Å²) in [5, 5.41) is 9.42. The third kappa shape index (κ3) is 10.4. The van der Waals surface area contributed by atoms with Gasteiger partial charge in [0.05, 0.1) is 28.7 Å². The standard InChI is InChI=1S/C67H54N4/c68-45-49-23-25-53(26-24-49)54-31-33-55(34-32-54)64-44-58(67-38-36-59(46-71-67)52-9-1-2-10-52)35-37-63(64)62-12-4-3-11-61(62)60-42-50(17-15-47-19-27-56(28-20-47)65-13-5-7-39-69-65)41-51(43-60)18-16-48-21-29-57(30-22-48)66-14-6-8-40-70-66/h3-8,11-14,19-44,46,52H,1-2,9-10,15-18H2. The van der Waals surface area contributed by atoms with Gasteiger partial charge in [0.2, 0.25) is 0 Å². The smallest absolute Gasteiger partial charge is 0.0991 e. The average molecular weight is 915 g/mol. The van der Waals surface area contributed by atoms with Crippen molar-refractivity contribution >= 4 is 0 Å². The van der Waals surface area contributed by atoms with E-state index < -0.39 is 0 Å². The van der Waals surface area contributed by atoms with E-state index in [4.69, 9.17) is 4.98 Å². The van der Waals surface area contributed by atoms with Crippen molar-refractivity contribution < 1.29 is 0 Å². The number of benzene rings is 7. The van der Waals surface area contributed by atoms with E-state index in [2.05, 4.69) is 180 Å². The summed E-state index contributed by atoms with van der Waals surface area (Å²) in [7, 11) is 0. The average Bonchev–Trinajstić information content (AvgIpc) is 4.00. The van der Waals surface area contributed by atoms with Crippen molar-refractivity contribution in [3.63, 3.8) is 0 Å². The first-order valence-corrected chi connectivity index (χ1v) is 25.0. The lowest BCUT2D eigenvalue weighted by atomic mass is 9.86. The minimum Gasteiger partial charge on any atom is -0.256 e. The van der Waals surface area contributed by atoms with Crippen LogP contribution in [-0.4, -0.2) is 15.0 Å². The summed E-state index contributed by atoms with van der Waals surface area (Å²) in [6.07, 6.45) is 14.6. The highest BCUT2D eigenvalue weighted by Crippen LogP contribution is 2.42. The van der Waals surface area contributed by atoms with Gasteiger partial charge in [-0.2, -0.15) is 5.26 Å². The fourth-order valence-corrected chi connectivity index (χ4v) is 10.3. The topological polar surface area (TPSA) is 62.5 Å². The molecule has 3 aromatic heterocycles. The zero-order chi connectivity index (χ0) is 47.8. The second-order valence-corrected chi connectivity index (χ2v) is 18.9. The highest BCUT2D eigenvalue weighted by atomic mass is 14.7. The highest BCUT2D eigenvalue weighted by molar-refractivity contribution is 5.94. The predicted octanol–water partition coefficient (Wildman–Crippen LogP) is 16.6. The van der Waals surface area contributed by atoms with Crippen molar-refractivity contribution in [2.24, 2.45) is 0 Å². The van der Waals surface area contributed by atoms with E-state index in [1.165, 1.54) is 75.8 Å². The van der Waals surface area contributed by atoms with E-state index in [1.807, 2.05) is 60.9 Å². The van der Waals surface area contributed by atoms with Crippen LogP contribution in [0.1, 0.15) is 65.0 Å². The van der Waals surface area contributed by atoms with Crippen LogP contribution in [0, 0.1) is 11.3 Å². The molecule has 0 saturated heterocycles. The van der Waals surface area contributed by atoms with Gasteiger partial charge in [0.15, 0.2) is 0 Å². The highest BCUT2D eigenvalue weighted by Gasteiger charge is 2.19. The van der Waals surface area contributed by atoms with Crippen molar-refractivity contribution in [2.75, 3.05) is 0 Å². The lowest BCUT2D eigenvalue weighted by Gasteiger charge is -2.18. The molecule has 1 aliphatic rings. The molecular formula is C67H54N4. The summed E-state index contributed by atoms with van der Waals surface area (Å²) < 4.78 is 0. The van der Waals surface area contributed by atoms with E-state index in [9.17, 15) is 5.26 Å². The summed E-state index contributed by atoms with van der Waals surface area (Å²) in [6, 6.07) is 76.4. The van der Waals surface area contributed by atoms with Gasteiger partial charge in [-0.1, -0.05) is 171 Å². The van der Waals surface area contributed by atoms with Crippen molar-refractivity contribution in [2.45, 2.75) is 57.3 Å². The van der Waals surface area contributed by atoms with E-state index in [0.717, 1.165) is 81.7 Å². The van der Waals surface area contributed by atoms with Gasteiger partial charge in [-0.05, 0) is 165 Å². The van der Waals surface area contributed by atoms with E-state index >= 15 is 0 Å². The Balaban J connectivity index is 0.955. The molecule has 1 fully saturated rings. The van der Waals surface area contributed by atoms with Crippen molar-refractivity contribution in [1.29, 1.82) is 5.26 Å². The zero-order valence-corrected chi connectivity index (χ0v) is 39.9. The molecule has 0 aliphatic heterocycles. The minimum absolute atomic E-state index is 0.619.